The Balaban J connectivity index is 1.76. The van der Waals surface area contributed by atoms with Crippen molar-refractivity contribution in [3.8, 4) is 0 Å². The number of rotatable bonds is 0. The lowest BCUT2D eigenvalue weighted by Gasteiger charge is -2.47. The normalized spacial score (nSPS) is 55.3. The molecule has 5 fully saturated rings. The molecule has 30 heavy (non-hydrogen) atoms. The van der Waals surface area contributed by atoms with Gasteiger partial charge in [0.15, 0.2) is 12.2 Å². The Bertz CT molecular complexity index is 979. The maximum Gasteiger partial charge on any atom is 0.344 e. The van der Waals surface area contributed by atoms with Crippen LogP contribution in [0.3, 0.4) is 0 Å². The molecule has 0 aromatic heterocycles. The minimum absolute atomic E-state index is 0.0955. The van der Waals surface area contributed by atoms with Crippen LogP contribution in [0.2, 0.25) is 0 Å². The maximum atomic E-state index is 13.3. The molecule has 0 bridgehead atoms. The SMILES string of the molecule is CC1=C2[C@@H](OC1=O)[C@@H](O)[C@]13[C@@H]4OC(=O)[C@]21O[C@@H]1OC(=O)[C@H](O)[C@@]13[C@H](C(C)(C)C)[C@H]4O. The zero-order valence-corrected chi connectivity index (χ0v) is 16.7. The number of hydrogen-bond donors (Lipinski definition) is 3. The van der Waals surface area contributed by atoms with Crippen LogP contribution >= 0.6 is 0 Å². The van der Waals surface area contributed by atoms with Gasteiger partial charge in [-0.05, 0) is 12.3 Å². The summed E-state index contributed by atoms with van der Waals surface area (Å²) in [4.78, 5) is 38.1. The highest BCUT2D eigenvalue weighted by Gasteiger charge is 3.01. The average Bonchev–Trinajstić information content (AvgIpc) is 3.34. The summed E-state index contributed by atoms with van der Waals surface area (Å²) in [6.07, 6.45) is -8.59. The van der Waals surface area contributed by atoms with Crippen LogP contribution in [0.15, 0.2) is 11.1 Å². The van der Waals surface area contributed by atoms with Gasteiger partial charge in [0.25, 0.3) is 0 Å². The van der Waals surface area contributed by atoms with E-state index in [1.54, 1.807) is 0 Å². The first-order valence-electron chi connectivity index (χ1n) is 9.96. The number of hydrogen-bond acceptors (Lipinski definition) is 10. The Labute approximate surface area is 170 Å². The minimum Gasteiger partial charge on any atom is -0.456 e. The van der Waals surface area contributed by atoms with E-state index in [4.69, 9.17) is 18.9 Å². The molecule has 10 atom stereocenters. The van der Waals surface area contributed by atoms with Gasteiger partial charge in [-0.15, -0.1) is 0 Å². The molecule has 10 heteroatoms. The fourth-order valence-electron chi connectivity index (χ4n) is 7.79. The van der Waals surface area contributed by atoms with E-state index >= 15 is 0 Å². The summed E-state index contributed by atoms with van der Waals surface area (Å²) in [5, 5.41) is 34.2. The predicted molar refractivity (Wildman–Crippen MR) is 92.0 cm³/mol. The molecule has 6 rings (SSSR count). The molecule has 4 heterocycles. The summed E-state index contributed by atoms with van der Waals surface area (Å²) in [5.74, 6) is -3.41. The number of aliphatic hydroxyl groups excluding tert-OH is 3. The Morgan fingerprint density at radius 2 is 1.67 bits per heavy atom. The van der Waals surface area contributed by atoms with Crippen molar-refractivity contribution in [2.75, 3.05) is 0 Å². The lowest BCUT2D eigenvalue weighted by molar-refractivity contribution is -0.194. The lowest BCUT2D eigenvalue weighted by Crippen LogP contribution is -2.62. The first kappa shape index (κ1) is 18.7. The smallest absolute Gasteiger partial charge is 0.344 e. The molecule has 0 radical (unpaired) electrons. The molecule has 2 aliphatic carbocycles. The van der Waals surface area contributed by atoms with Crippen LogP contribution in [0.4, 0.5) is 0 Å². The van der Waals surface area contributed by atoms with E-state index in [-0.39, 0.29) is 11.1 Å². The standard InChI is InChI=1S/C20H22O10/c1-5-6-8(27-13(5)24)10(22)19-12-7(21)9(17(2,3)4)18(19)11(23)14(25)29-16(18)30-20(6,19)15(26)28-12/h7-12,16,21-23H,1-4H3/t7-,8-,9+,10-,11+,12-,16+,18+,19-,20-/m1/s1. The Morgan fingerprint density at radius 3 is 2.30 bits per heavy atom. The van der Waals surface area contributed by atoms with Gasteiger partial charge in [-0.1, -0.05) is 20.8 Å². The molecule has 0 unspecified atom stereocenters. The van der Waals surface area contributed by atoms with Crippen molar-refractivity contribution >= 4 is 17.9 Å². The van der Waals surface area contributed by atoms with Crippen LogP contribution in [0, 0.1) is 22.2 Å². The van der Waals surface area contributed by atoms with Gasteiger partial charge in [-0.25, -0.2) is 14.4 Å². The summed E-state index contributed by atoms with van der Waals surface area (Å²) in [7, 11) is 0. The number of esters is 3. The number of aliphatic hydroxyl groups is 3. The number of carbonyl (C=O) groups excluding carboxylic acids is 3. The van der Waals surface area contributed by atoms with Gasteiger partial charge in [-0.3, -0.25) is 0 Å². The van der Waals surface area contributed by atoms with Gasteiger partial charge in [0, 0.05) is 17.1 Å². The van der Waals surface area contributed by atoms with Crippen molar-refractivity contribution in [1.82, 2.24) is 0 Å². The molecule has 3 saturated heterocycles. The average molecular weight is 422 g/mol. The van der Waals surface area contributed by atoms with Crippen molar-refractivity contribution in [1.29, 1.82) is 0 Å². The van der Waals surface area contributed by atoms with Crippen LogP contribution in [0.25, 0.3) is 0 Å². The van der Waals surface area contributed by atoms with E-state index in [9.17, 15) is 29.7 Å². The maximum absolute atomic E-state index is 13.3. The van der Waals surface area contributed by atoms with E-state index in [0.717, 1.165) is 0 Å². The fourth-order valence-corrected chi connectivity index (χ4v) is 7.79. The van der Waals surface area contributed by atoms with E-state index < -0.39 is 82.5 Å². The predicted octanol–water partition coefficient (Wildman–Crippen LogP) is -1.45. The molecule has 0 aromatic carbocycles. The molecule has 4 aliphatic heterocycles. The zero-order valence-electron chi connectivity index (χ0n) is 16.7. The summed E-state index contributed by atoms with van der Waals surface area (Å²) in [5.41, 5.74) is -5.97. The van der Waals surface area contributed by atoms with Crippen LogP contribution in [0.5, 0.6) is 0 Å². The number of carbonyl (C=O) groups is 3. The van der Waals surface area contributed by atoms with Gasteiger partial charge >= 0.3 is 17.9 Å². The molecule has 0 amide bonds. The number of fused-ring (bicyclic) bond motifs is 1. The topological polar surface area (TPSA) is 149 Å². The second-order valence-corrected chi connectivity index (χ2v) is 10.2. The largest absolute Gasteiger partial charge is 0.456 e. The van der Waals surface area contributed by atoms with E-state index in [0.29, 0.717) is 0 Å². The Morgan fingerprint density at radius 1 is 1.00 bits per heavy atom. The second-order valence-electron chi connectivity index (χ2n) is 10.2. The van der Waals surface area contributed by atoms with Crippen molar-refractivity contribution < 1.29 is 48.7 Å². The van der Waals surface area contributed by atoms with Crippen molar-refractivity contribution in [3.63, 3.8) is 0 Å². The summed E-state index contributed by atoms with van der Waals surface area (Å²) in [6.45, 7) is 6.90. The molecule has 2 saturated carbocycles. The zero-order chi connectivity index (χ0) is 21.8. The molecule has 0 aromatic rings. The van der Waals surface area contributed by atoms with Crippen molar-refractivity contribution in [2.45, 2.75) is 70.1 Å². The molecule has 10 nitrogen and oxygen atoms in total. The van der Waals surface area contributed by atoms with Crippen LogP contribution in [0.1, 0.15) is 27.7 Å². The van der Waals surface area contributed by atoms with Crippen LogP contribution < -0.4 is 0 Å². The Hall–Kier alpha value is -2.01. The van der Waals surface area contributed by atoms with Gasteiger partial charge in [0.2, 0.25) is 11.9 Å². The molecule has 2 spiro atoms. The minimum atomic E-state index is -2.01. The molecule has 6 aliphatic rings. The van der Waals surface area contributed by atoms with Gasteiger partial charge in [0.1, 0.15) is 12.2 Å². The van der Waals surface area contributed by atoms with Crippen LogP contribution in [-0.4, -0.2) is 75.6 Å². The van der Waals surface area contributed by atoms with Crippen molar-refractivity contribution in [3.05, 3.63) is 11.1 Å². The van der Waals surface area contributed by atoms with E-state index in [1.165, 1.54) is 6.92 Å². The third kappa shape index (κ3) is 1.37. The quantitative estimate of drug-likeness (QED) is 0.313. The van der Waals surface area contributed by atoms with E-state index in [1.807, 2.05) is 20.8 Å². The van der Waals surface area contributed by atoms with Gasteiger partial charge < -0.3 is 34.3 Å². The number of ether oxygens (including phenoxy) is 4. The van der Waals surface area contributed by atoms with Crippen LogP contribution in [-0.2, 0) is 33.3 Å². The molecule has 162 valence electrons. The third-order valence-electron chi connectivity index (χ3n) is 8.30. The fraction of sp³-hybridized carbons (Fsp3) is 0.750. The summed E-state index contributed by atoms with van der Waals surface area (Å²) >= 11 is 0. The molecular weight excluding hydrogens is 400 g/mol. The first-order valence-corrected chi connectivity index (χ1v) is 9.96. The van der Waals surface area contributed by atoms with Gasteiger partial charge in [-0.2, -0.15) is 0 Å². The Kier molecular flexibility index (Phi) is 2.96. The third-order valence-corrected chi connectivity index (χ3v) is 8.30. The molecule has 3 N–H and O–H groups in total. The molecular formula is C20H22O10. The van der Waals surface area contributed by atoms with Crippen molar-refractivity contribution in [2.24, 2.45) is 22.2 Å². The highest BCUT2D eigenvalue weighted by Crippen LogP contribution is 2.83. The highest BCUT2D eigenvalue weighted by atomic mass is 16.7. The highest BCUT2D eigenvalue weighted by molar-refractivity contribution is 6.00. The van der Waals surface area contributed by atoms with E-state index in [2.05, 4.69) is 0 Å². The lowest BCUT2D eigenvalue weighted by atomic mass is 9.51. The van der Waals surface area contributed by atoms with Gasteiger partial charge in [0.05, 0.1) is 16.9 Å². The second kappa shape index (κ2) is 4.74. The first-order chi connectivity index (χ1) is 13.9. The summed E-state index contributed by atoms with van der Waals surface area (Å²) < 4.78 is 22.5. The summed E-state index contributed by atoms with van der Waals surface area (Å²) in [6, 6.07) is 0. The monoisotopic (exact) mass is 422 g/mol.